The van der Waals surface area contributed by atoms with E-state index in [1.54, 1.807) is 0 Å². The second-order valence-electron chi connectivity index (χ2n) is 16.7. The highest BCUT2D eigenvalue weighted by Gasteiger charge is 2.70. The lowest BCUT2D eigenvalue weighted by atomic mass is 9.32. The highest BCUT2D eigenvalue weighted by Crippen LogP contribution is 2.77. The standard InChI is InChI=1S/C36H55NO2/c1-22(2)25-14-19-36(37)21-20-34(6)27(30(25)36)12-13-29-33(5)17-15-26(23-8-10-24(11-9-23)31(38)39)32(3,4)28(33)16-18-35(29,34)7/h8-11,22,25-30H,12-21,37H2,1-7H3,(H,38,39)/t25-,26+,27+,28-,29+,30+,33-,34+,35+,36-/m0/s1. The first-order valence-electron chi connectivity index (χ1n) is 16.3. The molecule has 216 valence electrons. The Balaban J connectivity index is 1.32. The first-order chi connectivity index (χ1) is 18.2. The van der Waals surface area contributed by atoms with Crippen LogP contribution in [0.3, 0.4) is 0 Å². The number of benzene rings is 1. The number of hydrogen-bond donors (Lipinski definition) is 2. The molecule has 0 aliphatic heterocycles. The smallest absolute Gasteiger partial charge is 0.335 e. The Morgan fingerprint density at radius 1 is 0.821 bits per heavy atom. The maximum atomic E-state index is 11.5. The van der Waals surface area contributed by atoms with Gasteiger partial charge in [0, 0.05) is 5.54 Å². The third-order valence-electron chi connectivity index (χ3n) is 15.0. The number of rotatable bonds is 3. The summed E-state index contributed by atoms with van der Waals surface area (Å²) in [5.41, 5.74) is 10.5. The van der Waals surface area contributed by atoms with Crippen molar-refractivity contribution >= 4 is 5.97 Å². The molecule has 6 rings (SSSR count). The maximum Gasteiger partial charge on any atom is 0.335 e. The van der Waals surface area contributed by atoms with Crippen LogP contribution in [-0.4, -0.2) is 16.6 Å². The van der Waals surface area contributed by atoms with Crippen LogP contribution in [0.15, 0.2) is 24.3 Å². The summed E-state index contributed by atoms with van der Waals surface area (Å²) in [5, 5.41) is 9.41. The van der Waals surface area contributed by atoms with Crippen molar-refractivity contribution in [2.45, 2.75) is 124 Å². The van der Waals surface area contributed by atoms with E-state index in [0.29, 0.717) is 39.6 Å². The van der Waals surface area contributed by atoms with Crippen LogP contribution in [0.25, 0.3) is 0 Å². The molecule has 10 atom stereocenters. The highest BCUT2D eigenvalue weighted by molar-refractivity contribution is 5.87. The summed E-state index contributed by atoms with van der Waals surface area (Å²) >= 11 is 0. The van der Waals surface area contributed by atoms with Crippen molar-refractivity contribution in [2.75, 3.05) is 0 Å². The SMILES string of the molecule is CC(C)[C@@H]1CC[C@]2(N)CC[C@]3(C)[C@H](CC[C@@H]4[C@@]5(C)CC[C@H](c6ccc(C(=O)O)cc6)C(C)(C)[C@@H]5CC[C@]43C)[C@@H]12. The van der Waals surface area contributed by atoms with Gasteiger partial charge >= 0.3 is 5.97 Å². The lowest BCUT2D eigenvalue weighted by Crippen LogP contribution is -2.68. The number of nitrogens with two attached hydrogens (primary N) is 1. The summed E-state index contributed by atoms with van der Waals surface area (Å²) in [7, 11) is 0. The number of carboxylic acid groups (broad SMARTS) is 1. The second kappa shape index (κ2) is 8.83. The van der Waals surface area contributed by atoms with E-state index in [0.717, 1.165) is 23.7 Å². The Labute approximate surface area is 238 Å². The number of carboxylic acids is 1. The predicted octanol–water partition coefficient (Wildman–Crippen LogP) is 8.92. The van der Waals surface area contributed by atoms with Crippen LogP contribution in [0.5, 0.6) is 0 Å². The van der Waals surface area contributed by atoms with Crippen molar-refractivity contribution in [3.63, 3.8) is 0 Å². The van der Waals surface area contributed by atoms with Crippen molar-refractivity contribution in [3.8, 4) is 0 Å². The Morgan fingerprint density at radius 2 is 1.51 bits per heavy atom. The minimum atomic E-state index is -0.834. The number of hydrogen-bond acceptors (Lipinski definition) is 2. The van der Waals surface area contributed by atoms with Crippen LogP contribution in [0.4, 0.5) is 0 Å². The Kier molecular flexibility index (Phi) is 6.29. The van der Waals surface area contributed by atoms with Crippen molar-refractivity contribution in [1.82, 2.24) is 0 Å². The minimum absolute atomic E-state index is 0.0830. The average molecular weight is 534 g/mol. The average Bonchev–Trinajstić information content (AvgIpc) is 3.22. The van der Waals surface area contributed by atoms with E-state index in [2.05, 4.69) is 60.6 Å². The Bertz CT molecular complexity index is 1120. The molecule has 1 aromatic carbocycles. The fourth-order valence-electron chi connectivity index (χ4n) is 12.9. The first kappa shape index (κ1) is 27.8. The first-order valence-corrected chi connectivity index (χ1v) is 16.3. The molecule has 0 unspecified atom stereocenters. The third-order valence-corrected chi connectivity index (χ3v) is 15.0. The molecule has 0 radical (unpaired) electrons. The van der Waals surface area contributed by atoms with Gasteiger partial charge in [0.05, 0.1) is 5.56 Å². The van der Waals surface area contributed by atoms with Crippen LogP contribution < -0.4 is 5.73 Å². The molecule has 5 aliphatic carbocycles. The maximum absolute atomic E-state index is 11.5. The van der Waals surface area contributed by atoms with E-state index in [1.165, 1.54) is 69.8 Å². The van der Waals surface area contributed by atoms with Gasteiger partial charge in [0.1, 0.15) is 0 Å². The summed E-state index contributed by atoms with van der Waals surface area (Å²) in [6.45, 7) is 18.1. The van der Waals surface area contributed by atoms with Gasteiger partial charge in [-0.05, 0) is 145 Å². The molecule has 1 aromatic rings. The van der Waals surface area contributed by atoms with E-state index in [4.69, 9.17) is 5.73 Å². The zero-order valence-electron chi connectivity index (χ0n) is 25.9. The van der Waals surface area contributed by atoms with Gasteiger partial charge in [0.25, 0.3) is 0 Å². The second-order valence-corrected chi connectivity index (χ2v) is 16.7. The summed E-state index contributed by atoms with van der Waals surface area (Å²) in [6.07, 6.45) is 13.1. The van der Waals surface area contributed by atoms with Crippen molar-refractivity contribution in [1.29, 1.82) is 0 Å². The number of carbonyl (C=O) groups is 1. The lowest BCUT2D eigenvalue weighted by molar-refractivity contribution is -0.233. The van der Waals surface area contributed by atoms with Gasteiger partial charge in [-0.25, -0.2) is 4.79 Å². The van der Waals surface area contributed by atoms with E-state index in [1.807, 2.05) is 12.1 Å². The minimum Gasteiger partial charge on any atom is -0.478 e. The zero-order chi connectivity index (χ0) is 28.2. The lowest BCUT2D eigenvalue weighted by Gasteiger charge is -2.73. The molecule has 5 aliphatic rings. The molecule has 0 aromatic heterocycles. The number of aromatic carboxylic acids is 1. The molecule has 0 bridgehead atoms. The molecular weight excluding hydrogens is 478 g/mol. The van der Waals surface area contributed by atoms with Crippen LogP contribution in [0, 0.1) is 57.2 Å². The largest absolute Gasteiger partial charge is 0.478 e. The molecule has 0 amide bonds. The fraction of sp³-hybridized carbons (Fsp3) is 0.806. The van der Waals surface area contributed by atoms with E-state index < -0.39 is 5.97 Å². The topological polar surface area (TPSA) is 63.3 Å². The van der Waals surface area contributed by atoms with Gasteiger partial charge in [-0.1, -0.05) is 60.6 Å². The number of fused-ring (bicyclic) bond motifs is 7. The molecule has 3 heteroatoms. The van der Waals surface area contributed by atoms with Crippen LogP contribution in [0.1, 0.15) is 135 Å². The molecule has 0 heterocycles. The van der Waals surface area contributed by atoms with Crippen molar-refractivity contribution in [2.24, 2.45) is 62.9 Å². The zero-order valence-corrected chi connectivity index (χ0v) is 25.9. The molecule has 0 spiro atoms. The molecule has 5 saturated carbocycles. The van der Waals surface area contributed by atoms with Gasteiger partial charge in [0.2, 0.25) is 0 Å². The molecule has 39 heavy (non-hydrogen) atoms. The van der Waals surface area contributed by atoms with E-state index >= 15 is 0 Å². The Hall–Kier alpha value is -1.35. The van der Waals surface area contributed by atoms with E-state index in [-0.39, 0.29) is 11.0 Å². The molecule has 3 N–H and O–H groups in total. The molecule has 5 fully saturated rings. The van der Waals surface area contributed by atoms with Crippen molar-refractivity contribution in [3.05, 3.63) is 35.4 Å². The molecular formula is C36H55NO2. The Morgan fingerprint density at radius 3 is 2.15 bits per heavy atom. The quantitative estimate of drug-likeness (QED) is 0.408. The summed E-state index contributed by atoms with van der Waals surface area (Å²) < 4.78 is 0. The summed E-state index contributed by atoms with van der Waals surface area (Å²) in [4.78, 5) is 11.5. The van der Waals surface area contributed by atoms with Crippen LogP contribution in [-0.2, 0) is 0 Å². The highest BCUT2D eigenvalue weighted by atomic mass is 16.4. The van der Waals surface area contributed by atoms with Crippen molar-refractivity contribution < 1.29 is 9.90 Å². The van der Waals surface area contributed by atoms with E-state index in [9.17, 15) is 9.90 Å². The van der Waals surface area contributed by atoms with Crippen LogP contribution >= 0.6 is 0 Å². The third kappa shape index (κ3) is 3.66. The summed E-state index contributed by atoms with van der Waals surface area (Å²) in [6, 6.07) is 7.84. The molecule has 0 saturated heterocycles. The fourth-order valence-corrected chi connectivity index (χ4v) is 12.9. The summed E-state index contributed by atoms with van der Waals surface area (Å²) in [5.74, 6) is 4.17. The van der Waals surface area contributed by atoms with Gasteiger partial charge in [-0.2, -0.15) is 0 Å². The molecule has 3 nitrogen and oxygen atoms in total. The van der Waals surface area contributed by atoms with Gasteiger partial charge < -0.3 is 10.8 Å². The van der Waals surface area contributed by atoms with Gasteiger partial charge in [-0.3, -0.25) is 0 Å². The normalized spacial score (nSPS) is 48.5. The van der Waals surface area contributed by atoms with Gasteiger partial charge in [-0.15, -0.1) is 0 Å². The van der Waals surface area contributed by atoms with Crippen LogP contribution in [0.2, 0.25) is 0 Å². The van der Waals surface area contributed by atoms with Gasteiger partial charge in [0.15, 0.2) is 0 Å². The monoisotopic (exact) mass is 533 g/mol. The predicted molar refractivity (Wildman–Crippen MR) is 160 cm³/mol.